The molecule has 1 unspecified atom stereocenters. The van der Waals surface area contributed by atoms with Gasteiger partial charge in [-0.1, -0.05) is 61.5 Å². The van der Waals surface area contributed by atoms with Crippen molar-refractivity contribution in [2.75, 3.05) is 13.1 Å². The van der Waals surface area contributed by atoms with Crippen molar-refractivity contribution in [3.8, 4) is 11.1 Å². The second-order valence-corrected chi connectivity index (χ2v) is 8.16. The molecule has 2 saturated heterocycles. The van der Waals surface area contributed by atoms with E-state index < -0.39 is 17.5 Å². The molecular formula is C24H27N3O3. The van der Waals surface area contributed by atoms with Crippen LogP contribution in [0.1, 0.15) is 44.1 Å². The van der Waals surface area contributed by atoms with E-state index in [4.69, 9.17) is 0 Å². The summed E-state index contributed by atoms with van der Waals surface area (Å²) in [4.78, 5) is 38.3. The van der Waals surface area contributed by atoms with Crippen LogP contribution in [0.4, 0.5) is 4.79 Å². The molecule has 4 rings (SSSR count). The smallest absolute Gasteiger partial charge is 0.322 e. The van der Waals surface area contributed by atoms with Crippen LogP contribution in [0.2, 0.25) is 0 Å². The average molecular weight is 405 g/mol. The van der Waals surface area contributed by atoms with Gasteiger partial charge in [0, 0.05) is 13.1 Å². The Morgan fingerprint density at radius 3 is 2.20 bits per heavy atom. The van der Waals surface area contributed by atoms with Gasteiger partial charge in [-0.3, -0.25) is 14.9 Å². The molecule has 156 valence electrons. The van der Waals surface area contributed by atoms with E-state index in [-0.39, 0.29) is 12.3 Å². The zero-order valence-electron chi connectivity index (χ0n) is 17.2. The van der Waals surface area contributed by atoms with Crippen LogP contribution in [0.5, 0.6) is 0 Å². The molecule has 2 aliphatic heterocycles. The third-order valence-electron chi connectivity index (χ3n) is 6.41. The van der Waals surface area contributed by atoms with Crippen LogP contribution in [-0.2, 0) is 9.59 Å². The maximum Gasteiger partial charge on any atom is 0.322 e. The van der Waals surface area contributed by atoms with Crippen LogP contribution in [0.3, 0.4) is 0 Å². The summed E-state index contributed by atoms with van der Waals surface area (Å²) < 4.78 is 0. The minimum Gasteiger partial charge on any atom is -0.343 e. The summed E-state index contributed by atoms with van der Waals surface area (Å²) in [6.07, 6.45) is 2.19. The van der Waals surface area contributed by atoms with Gasteiger partial charge in [0.2, 0.25) is 5.91 Å². The van der Waals surface area contributed by atoms with E-state index in [2.05, 4.69) is 47.0 Å². The molecule has 2 aromatic carbocycles. The lowest BCUT2D eigenvalue weighted by atomic mass is 9.87. The highest BCUT2D eigenvalue weighted by Gasteiger charge is 2.47. The van der Waals surface area contributed by atoms with Crippen LogP contribution in [-0.4, -0.2) is 41.4 Å². The van der Waals surface area contributed by atoms with E-state index in [1.165, 1.54) is 16.7 Å². The van der Waals surface area contributed by atoms with Crippen molar-refractivity contribution in [1.29, 1.82) is 0 Å². The molecular weight excluding hydrogens is 378 g/mol. The molecule has 2 heterocycles. The Bertz CT molecular complexity index is 934. The summed E-state index contributed by atoms with van der Waals surface area (Å²) in [5.41, 5.74) is 2.60. The third kappa shape index (κ3) is 3.95. The summed E-state index contributed by atoms with van der Waals surface area (Å²) in [7, 11) is 0. The SMILES string of the molecule is CCC1(CC(=O)N2CCC(c3ccc(-c4ccccc4)cc3)CC2)NC(=O)NC1=O. The number of nitrogens with one attached hydrogen (secondary N) is 2. The van der Waals surface area contributed by atoms with Crippen molar-refractivity contribution in [1.82, 2.24) is 15.5 Å². The molecule has 0 bridgehead atoms. The molecule has 0 saturated carbocycles. The minimum atomic E-state index is -1.11. The van der Waals surface area contributed by atoms with Gasteiger partial charge in [0.15, 0.2) is 0 Å². The first-order chi connectivity index (χ1) is 14.5. The van der Waals surface area contributed by atoms with Crippen LogP contribution < -0.4 is 10.6 Å². The number of carbonyl (C=O) groups excluding carboxylic acids is 3. The number of hydrogen-bond donors (Lipinski definition) is 2. The number of urea groups is 1. The topological polar surface area (TPSA) is 78.5 Å². The van der Waals surface area contributed by atoms with Gasteiger partial charge in [0.1, 0.15) is 5.54 Å². The number of likely N-dealkylation sites (tertiary alicyclic amines) is 1. The number of rotatable bonds is 5. The van der Waals surface area contributed by atoms with E-state index in [1.807, 2.05) is 30.0 Å². The first-order valence-electron chi connectivity index (χ1n) is 10.6. The van der Waals surface area contributed by atoms with Crippen molar-refractivity contribution < 1.29 is 14.4 Å². The van der Waals surface area contributed by atoms with Crippen molar-refractivity contribution in [2.24, 2.45) is 0 Å². The zero-order valence-corrected chi connectivity index (χ0v) is 17.2. The minimum absolute atomic E-state index is 0.0114. The Labute approximate surface area is 176 Å². The largest absolute Gasteiger partial charge is 0.343 e. The zero-order chi connectivity index (χ0) is 21.1. The second-order valence-electron chi connectivity index (χ2n) is 8.16. The number of carbonyl (C=O) groups is 3. The molecule has 2 N–H and O–H groups in total. The number of amides is 4. The lowest BCUT2D eigenvalue weighted by Gasteiger charge is -2.34. The molecule has 4 amide bonds. The van der Waals surface area contributed by atoms with Crippen molar-refractivity contribution in [3.05, 3.63) is 60.2 Å². The number of nitrogens with zero attached hydrogens (tertiary/aromatic N) is 1. The monoisotopic (exact) mass is 405 g/mol. The third-order valence-corrected chi connectivity index (χ3v) is 6.41. The number of hydrogen-bond acceptors (Lipinski definition) is 3. The summed E-state index contributed by atoms with van der Waals surface area (Å²) in [6.45, 7) is 3.14. The van der Waals surface area contributed by atoms with E-state index >= 15 is 0 Å². The first kappa shape index (κ1) is 20.1. The number of piperidine rings is 1. The summed E-state index contributed by atoms with van der Waals surface area (Å²) in [5, 5.41) is 4.90. The Morgan fingerprint density at radius 1 is 1.00 bits per heavy atom. The van der Waals surface area contributed by atoms with Gasteiger partial charge in [-0.05, 0) is 41.9 Å². The van der Waals surface area contributed by atoms with Gasteiger partial charge in [-0.15, -0.1) is 0 Å². The molecule has 0 aliphatic carbocycles. The molecule has 0 spiro atoms. The molecule has 0 aromatic heterocycles. The molecule has 30 heavy (non-hydrogen) atoms. The van der Waals surface area contributed by atoms with Gasteiger partial charge in [-0.25, -0.2) is 4.79 Å². The van der Waals surface area contributed by atoms with E-state index in [0.717, 1.165) is 12.8 Å². The summed E-state index contributed by atoms with van der Waals surface area (Å²) in [5.74, 6) is -0.0580. The van der Waals surface area contributed by atoms with E-state index in [0.29, 0.717) is 25.4 Å². The maximum absolute atomic E-state index is 12.8. The normalized spacial score (nSPS) is 22.0. The van der Waals surface area contributed by atoms with Gasteiger partial charge < -0.3 is 10.2 Å². The lowest BCUT2D eigenvalue weighted by Crippen LogP contribution is -2.51. The molecule has 6 heteroatoms. The molecule has 6 nitrogen and oxygen atoms in total. The van der Waals surface area contributed by atoms with E-state index in [9.17, 15) is 14.4 Å². The summed E-state index contributed by atoms with van der Waals surface area (Å²) >= 11 is 0. The van der Waals surface area contributed by atoms with E-state index in [1.54, 1.807) is 0 Å². The summed E-state index contributed by atoms with van der Waals surface area (Å²) in [6, 6.07) is 18.5. The molecule has 2 aromatic rings. The molecule has 1 atom stereocenters. The first-order valence-corrected chi connectivity index (χ1v) is 10.6. The number of imide groups is 1. The molecule has 2 aliphatic rings. The van der Waals surface area contributed by atoms with Crippen LogP contribution >= 0.6 is 0 Å². The number of benzene rings is 2. The predicted octanol–water partition coefficient (Wildman–Crippen LogP) is 3.44. The lowest BCUT2D eigenvalue weighted by molar-refractivity contribution is -0.137. The Balaban J connectivity index is 1.35. The van der Waals surface area contributed by atoms with Crippen molar-refractivity contribution in [3.63, 3.8) is 0 Å². The van der Waals surface area contributed by atoms with Gasteiger partial charge in [0.25, 0.3) is 5.91 Å². The fourth-order valence-corrected chi connectivity index (χ4v) is 4.44. The van der Waals surface area contributed by atoms with Crippen molar-refractivity contribution in [2.45, 2.75) is 44.1 Å². The fourth-order valence-electron chi connectivity index (χ4n) is 4.44. The Morgan fingerprint density at radius 2 is 1.63 bits per heavy atom. The Hall–Kier alpha value is -3.15. The van der Waals surface area contributed by atoms with Crippen LogP contribution in [0.15, 0.2) is 54.6 Å². The van der Waals surface area contributed by atoms with Gasteiger partial charge in [0.05, 0.1) is 6.42 Å². The highest BCUT2D eigenvalue weighted by Crippen LogP contribution is 2.31. The van der Waals surface area contributed by atoms with Crippen LogP contribution in [0, 0.1) is 0 Å². The van der Waals surface area contributed by atoms with Gasteiger partial charge in [-0.2, -0.15) is 0 Å². The maximum atomic E-state index is 12.8. The highest BCUT2D eigenvalue weighted by molar-refractivity contribution is 6.08. The van der Waals surface area contributed by atoms with Crippen LogP contribution in [0.25, 0.3) is 11.1 Å². The average Bonchev–Trinajstić information content (AvgIpc) is 3.07. The highest BCUT2D eigenvalue weighted by atomic mass is 16.2. The molecule has 0 radical (unpaired) electrons. The van der Waals surface area contributed by atoms with Crippen molar-refractivity contribution >= 4 is 17.8 Å². The standard InChI is InChI=1S/C24H27N3O3/c1-2-24(22(29)25-23(30)26-24)16-21(28)27-14-12-20(13-15-27)19-10-8-18(9-11-19)17-6-4-3-5-7-17/h3-11,20H,2,12-16H2,1H3,(H2,25,26,29,30). The Kier molecular flexibility index (Phi) is 5.57. The second kappa shape index (κ2) is 8.30. The fraction of sp³-hybridized carbons (Fsp3) is 0.375. The predicted molar refractivity (Wildman–Crippen MR) is 115 cm³/mol. The molecule has 2 fully saturated rings. The van der Waals surface area contributed by atoms with Gasteiger partial charge >= 0.3 is 6.03 Å². The quantitative estimate of drug-likeness (QED) is 0.748.